The maximum absolute atomic E-state index is 10.3. The van der Waals surface area contributed by atoms with Crippen molar-refractivity contribution in [2.45, 2.75) is 0 Å². The third-order valence-corrected chi connectivity index (χ3v) is 2.11. The lowest BCUT2D eigenvalue weighted by atomic mass is 10.2. The third-order valence-electron chi connectivity index (χ3n) is 1.67. The summed E-state index contributed by atoms with van der Waals surface area (Å²) in [6, 6.07) is 6.86. The van der Waals surface area contributed by atoms with Crippen molar-refractivity contribution in [3.63, 3.8) is 0 Å². The Morgan fingerprint density at radius 2 is 2.08 bits per heavy atom. The summed E-state index contributed by atoms with van der Waals surface area (Å²) >= 11 is 0. The van der Waals surface area contributed by atoms with E-state index in [2.05, 4.69) is 4.72 Å². The molecule has 4 nitrogen and oxygen atoms in total. The number of hydrogen-bond donors (Lipinski definition) is 2. The minimum absolute atomic E-state index is 0.546. The number of benzene rings is 1. The first kappa shape index (κ1) is 8.12. The van der Waals surface area contributed by atoms with E-state index in [0.717, 1.165) is 11.0 Å². The standard InChI is InChI=1S/C8H7NO3S/c10-13(11)9-7-1-2-8-6(5-7)3-4-12-8/h1-5,13H,(H,9,10,11). The molecule has 0 radical (unpaired) electrons. The van der Waals surface area contributed by atoms with Crippen LogP contribution in [-0.2, 0) is 10.9 Å². The fraction of sp³-hybridized carbons (Fsp3) is 0. The third kappa shape index (κ3) is 1.65. The van der Waals surface area contributed by atoms with Gasteiger partial charge in [0.05, 0.1) is 6.26 Å². The molecule has 0 unspecified atom stereocenters. The number of rotatable bonds is 2. The Balaban J connectivity index is 2.48. The van der Waals surface area contributed by atoms with E-state index < -0.39 is 10.9 Å². The highest BCUT2D eigenvalue weighted by Gasteiger charge is 1.97. The summed E-state index contributed by atoms with van der Waals surface area (Å²) in [4.78, 5) is 0. The van der Waals surface area contributed by atoms with E-state index in [1.54, 1.807) is 30.5 Å². The molecule has 0 saturated carbocycles. The lowest BCUT2D eigenvalue weighted by Crippen LogP contribution is -1.93. The van der Waals surface area contributed by atoms with Gasteiger partial charge in [0.1, 0.15) is 5.58 Å². The van der Waals surface area contributed by atoms with Crippen molar-refractivity contribution in [3.05, 3.63) is 30.5 Å². The number of nitrogens with one attached hydrogen (secondary N) is 1. The SMILES string of the molecule is O=[SH](=O)Nc1ccc2occc2c1. The molecule has 1 aromatic carbocycles. The smallest absolute Gasteiger partial charge is 0.222 e. The summed E-state index contributed by atoms with van der Waals surface area (Å²) < 4.78 is 28.1. The molecular weight excluding hydrogens is 190 g/mol. The highest BCUT2D eigenvalue weighted by Crippen LogP contribution is 2.19. The zero-order chi connectivity index (χ0) is 9.26. The van der Waals surface area contributed by atoms with Gasteiger partial charge in [0, 0.05) is 11.1 Å². The highest BCUT2D eigenvalue weighted by atomic mass is 32.2. The largest absolute Gasteiger partial charge is 0.464 e. The molecule has 68 valence electrons. The first-order valence-electron chi connectivity index (χ1n) is 3.64. The predicted octanol–water partition coefficient (Wildman–Crippen LogP) is 1.37. The van der Waals surface area contributed by atoms with Crippen molar-refractivity contribution in [1.82, 2.24) is 0 Å². The van der Waals surface area contributed by atoms with Crippen LogP contribution >= 0.6 is 0 Å². The number of anilines is 1. The second-order valence-electron chi connectivity index (χ2n) is 2.54. The van der Waals surface area contributed by atoms with Crippen LogP contribution in [0.1, 0.15) is 0 Å². The molecule has 2 rings (SSSR count). The molecule has 0 bridgehead atoms. The Kier molecular flexibility index (Phi) is 1.94. The second-order valence-corrected chi connectivity index (χ2v) is 3.28. The number of hydrogen-bond acceptors (Lipinski definition) is 3. The fourth-order valence-electron chi connectivity index (χ4n) is 1.14. The lowest BCUT2D eigenvalue weighted by Gasteiger charge is -1.96. The van der Waals surface area contributed by atoms with Crippen LogP contribution in [0.5, 0.6) is 0 Å². The molecule has 5 heteroatoms. The predicted molar refractivity (Wildman–Crippen MR) is 50.2 cm³/mol. The Bertz CT molecular complexity index is 493. The molecule has 1 aromatic heterocycles. The van der Waals surface area contributed by atoms with Crippen LogP contribution in [0.25, 0.3) is 11.0 Å². The van der Waals surface area contributed by atoms with E-state index in [1.807, 2.05) is 0 Å². The Morgan fingerprint density at radius 3 is 2.85 bits per heavy atom. The molecule has 0 fully saturated rings. The van der Waals surface area contributed by atoms with Gasteiger partial charge in [-0.3, -0.25) is 4.72 Å². The Labute approximate surface area is 76.2 Å². The topological polar surface area (TPSA) is 59.3 Å². The van der Waals surface area contributed by atoms with E-state index in [4.69, 9.17) is 4.42 Å². The summed E-state index contributed by atoms with van der Waals surface area (Å²) in [6.45, 7) is 0. The maximum Gasteiger partial charge on any atom is 0.222 e. The van der Waals surface area contributed by atoms with E-state index in [0.29, 0.717) is 5.69 Å². The molecule has 0 saturated heterocycles. The molecular formula is C8H7NO3S. The first-order valence-corrected chi connectivity index (χ1v) is 4.82. The number of fused-ring (bicyclic) bond motifs is 1. The highest BCUT2D eigenvalue weighted by molar-refractivity contribution is 7.73. The van der Waals surface area contributed by atoms with Crippen molar-refractivity contribution in [2.75, 3.05) is 4.72 Å². The van der Waals surface area contributed by atoms with Crippen LogP contribution in [0.4, 0.5) is 5.69 Å². The zero-order valence-corrected chi connectivity index (χ0v) is 7.45. The average molecular weight is 197 g/mol. The molecule has 1 heterocycles. The zero-order valence-electron chi connectivity index (χ0n) is 6.56. The van der Waals surface area contributed by atoms with Gasteiger partial charge in [-0.25, -0.2) is 8.42 Å². The van der Waals surface area contributed by atoms with Crippen molar-refractivity contribution >= 4 is 27.5 Å². The summed E-state index contributed by atoms with van der Waals surface area (Å²) in [7, 11) is -2.60. The number of thiol groups is 1. The van der Waals surface area contributed by atoms with Crippen LogP contribution in [0.2, 0.25) is 0 Å². The molecule has 0 spiro atoms. The van der Waals surface area contributed by atoms with Crippen molar-refractivity contribution in [1.29, 1.82) is 0 Å². The summed E-state index contributed by atoms with van der Waals surface area (Å²) in [5.41, 5.74) is 1.29. The van der Waals surface area contributed by atoms with Crippen LogP contribution < -0.4 is 4.72 Å². The molecule has 0 amide bonds. The first-order chi connectivity index (χ1) is 6.25. The van der Waals surface area contributed by atoms with Crippen LogP contribution in [0, 0.1) is 0 Å². The summed E-state index contributed by atoms with van der Waals surface area (Å²) in [5.74, 6) is 0. The fourth-order valence-corrected chi connectivity index (χ4v) is 1.49. The summed E-state index contributed by atoms with van der Waals surface area (Å²) in [6.07, 6.45) is 1.56. The van der Waals surface area contributed by atoms with Crippen LogP contribution in [0.3, 0.4) is 0 Å². The van der Waals surface area contributed by atoms with Crippen molar-refractivity contribution < 1.29 is 12.8 Å². The normalized spacial score (nSPS) is 10.8. The molecule has 1 N–H and O–H groups in total. The molecule has 0 aliphatic heterocycles. The Hall–Kier alpha value is -1.49. The Morgan fingerprint density at radius 1 is 1.23 bits per heavy atom. The van der Waals surface area contributed by atoms with E-state index in [1.165, 1.54) is 0 Å². The van der Waals surface area contributed by atoms with Gasteiger partial charge < -0.3 is 4.42 Å². The van der Waals surface area contributed by atoms with Gasteiger partial charge in [0.2, 0.25) is 10.9 Å². The minimum Gasteiger partial charge on any atom is -0.464 e. The van der Waals surface area contributed by atoms with Gasteiger partial charge in [-0.1, -0.05) is 0 Å². The average Bonchev–Trinajstić information content (AvgIpc) is 2.49. The van der Waals surface area contributed by atoms with Gasteiger partial charge in [-0.05, 0) is 24.3 Å². The van der Waals surface area contributed by atoms with Gasteiger partial charge in [-0.2, -0.15) is 0 Å². The van der Waals surface area contributed by atoms with Crippen LogP contribution in [-0.4, -0.2) is 8.42 Å². The molecule has 13 heavy (non-hydrogen) atoms. The van der Waals surface area contributed by atoms with Gasteiger partial charge in [0.25, 0.3) is 0 Å². The second kappa shape index (κ2) is 3.10. The molecule has 0 atom stereocenters. The minimum atomic E-state index is -2.60. The van der Waals surface area contributed by atoms with Crippen molar-refractivity contribution in [2.24, 2.45) is 0 Å². The van der Waals surface area contributed by atoms with Crippen LogP contribution in [0.15, 0.2) is 34.9 Å². The van der Waals surface area contributed by atoms with E-state index >= 15 is 0 Å². The number of furan rings is 1. The van der Waals surface area contributed by atoms with Crippen molar-refractivity contribution in [3.8, 4) is 0 Å². The molecule has 0 aliphatic carbocycles. The molecule has 2 aromatic rings. The van der Waals surface area contributed by atoms with Gasteiger partial charge >= 0.3 is 0 Å². The lowest BCUT2D eigenvalue weighted by molar-refractivity contribution is 0.615. The molecule has 0 aliphatic rings. The quantitative estimate of drug-likeness (QED) is 0.715. The van der Waals surface area contributed by atoms with Gasteiger partial charge in [0.15, 0.2) is 0 Å². The van der Waals surface area contributed by atoms with Gasteiger partial charge in [-0.15, -0.1) is 0 Å². The monoisotopic (exact) mass is 197 g/mol. The summed E-state index contributed by atoms with van der Waals surface area (Å²) in [5, 5.41) is 0.877. The van der Waals surface area contributed by atoms with E-state index in [-0.39, 0.29) is 0 Å². The maximum atomic E-state index is 10.3. The van der Waals surface area contributed by atoms with E-state index in [9.17, 15) is 8.42 Å².